The first-order valence-electron chi connectivity index (χ1n) is 5.61. The smallest absolute Gasteiger partial charge is 0.387 e. The highest BCUT2D eigenvalue weighted by Gasteiger charge is 2.59. The number of benzene rings is 1. The average molecular weight is 241 g/mol. The van der Waals surface area contributed by atoms with E-state index in [1.165, 1.54) is 0 Å². The zero-order chi connectivity index (χ0) is 12.8. The second kappa shape index (κ2) is 3.67. The van der Waals surface area contributed by atoms with Crippen LogP contribution >= 0.6 is 0 Å². The van der Waals surface area contributed by atoms with Crippen LogP contribution in [0, 0.1) is 12.3 Å². The van der Waals surface area contributed by atoms with Gasteiger partial charge in [-0.2, -0.15) is 8.78 Å². The molecule has 0 saturated heterocycles. The molecule has 1 saturated carbocycles. The molecule has 17 heavy (non-hydrogen) atoms. The fourth-order valence-corrected chi connectivity index (χ4v) is 2.25. The summed E-state index contributed by atoms with van der Waals surface area (Å²) in [5.41, 5.74) is 7.41. The topological polar surface area (TPSA) is 35.2 Å². The van der Waals surface area contributed by atoms with Gasteiger partial charge in [-0.25, -0.2) is 0 Å². The summed E-state index contributed by atoms with van der Waals surface area (Å²) in [5, 5.41) is 0. The Kier molecular flexibility index (Phi) is 2.65. The summed E-state index contributed by atoms with van der Waals surface area (Å²) in [6.45, 7) is 3.08. The molecule has 1 atom stereocenters. The molecule has 0 radical (unpaired) electrons. The van der Waals surface area contributed by atoms with Crippen molar-refractivity contribution in [1.82, 2.24) is 0 Å². The lowest BCUT2D eigenvalue weighted by atomic mass is 9.96. The Morgan fingerprint density at radius 3 is 2.41 bits per heavy atom. The van der Waals surface area contributed by atoms with Crippen molar-refractivity contribution in [3.8, 4) is 5.75 Å². The van der Waals surface area contributed by atoms with Crippen molar-refractivity contribution in [2.24, 2.45) is 11.1 Å². The Labute approximate surface area is 99.8 Å². The van der Waals surface area contributed by atoms with Gasteiger partial charge in [0.1, 0.15) is 5.75 Å². The van der Waals surface area contributed by atoms with Gasteiger partial charge in [0.25, 0.3) is 0 Å². The molecule has 0 aliphatic heterocycles. The van der Waals surface area contributed by atoms with Crippen LogP contribution in [0.2, 0.25) is 0 Å². The zero-order valence-corrected chi connectivity index (χ0v) is 10.3. The van der Waals surface area contributed by atoms with Crippen molar-refractivity contribution in [2.45, 2.75) is 39.3 Å². The number of hydrogen-bond acceptors (Lipinski definition) is 2. The highest BCUT2D eigenvalue weighted by atomic mass is 19.3. The van der Waals surface area contributed by atoms with Crippen LogP contribution in [0.15, 0.2) is 18.2 Å². The van der Waals surface area contributed by atoms with E-state index >= 15 is 0 Å². The van der Waals surface area contributed by atoms with E-state index in [2.05, 4.69) is 18.6 Å². The maximum absolute atomic E-state index is 12.2. The number of alkyl halides is 2. The van der Waals surface area contributed by atoms with E-state index in [-0.39, 0.29) is 11.2 Å². The molecule has 1 unspecified atom stereocenters. The molecule has 0 heterocycles. The molecular formula is C13H17F2NO. The number of nitrogens with two attached hydrogens (primary N) is 1. The van der Waals surface area contributed by atoms with Crippen LogP contribution in [0.5, 0.6) is 5.75 Å². The molecule has 1 aromatic rings. The Morgan fingerprint density at radius 2 is 1.94 bits per heavy atom. The lowest BCUT2D eigenvalue weighted by Crippen LogP contribution is -2.25. The van der Waals surface area contributed by atoms with E-state index in [4.69, 9.17) is 5.73 Å². The Hall–Kier alpha value is -1.16. The van der Waals surface area contributed by atoms with Crippen molar-refractivity contribution >= 4 is 0 Å². The Morgan fingerprint density at radius 1 is 1.35 bits per heavy atom. The zero-order valence-electron chi connectivity index (χ0n) is 10.3. The van der Waals surface area contributed by atoms with Crippen LogP contribution in [0.4, 0.5) is 8.78 Å². The van der Waals surface area contributed by atoms with Gasteiger partial charge >= 0.3 is 6.61 Å². The second-order valence-corrected chi connectivity index (χ2v) is 5.39. The summed E-state index contributed by atoms with van der Waals surface area (Å²) in [4.78, 5) is 0. The predicted molar refractivity (Wildman–Crippen MR) is 62.1 cm³/mol. The molecule has 2 nitrogen and oxygen atoms in total. The minimum absolute atomic E-state index is 0.0182. The summed E-state index contributed by atoms with van der Waals surface area (Å²) < 4.78 is 29.0. The van der Waals surface area contributed by atoms with Gasteiger partial charge in [-0.1, -0.05) is 26.0 Å². The van der Waals surface area contributed by atoms with Crippen molar-refractivity contribution in [3.05, 3.63) is 29.3 Å². The summed E-state index contributed by atoms with van der Waals surface area (Å²) >= 11 is 0. The molecule has 2 rings (SSSR count). The summed E-state index contributed by atoms with van der Waals surface area (Å²) in [6.07, 6.45) is 0.858. The maximum atomic E-state index is 12.2. The fourth-order valence-electron chi connectivity index (χ4n) is 2.25. The second-order valence-electron chi connectivity index (χ2n) is 5.39. The number of halogens is 2. The minimum atomic E-state index is -2.80. The van der Waals surface area contributed by atoms with Gasteiger partial charge < -0.3 is 10.5 Å². The third kappa shape index (κ3) is 2.02. The molecule has 4 heteroatoms. The molecule has 1 fully saturated rings. The molecule has 1 aliphatic rings. The van der Waals surface area contributed by atoms with Gasteiger partial charge in [0.05, 0.1) is 0 Å². The highest BCUT2D eigenvalue weighted by Crippen LogP contribution is 2.60. The first kappa shape index (κ1) is 12.3. The first-order chi connectivity index (χ1) is 7.76. The number of rotatable bonds is 3. The predicted octanol–water partition coefficient (Wildman–Crippen LogP) is 3.18. The van der Waals surface area contributed by atoms with Crippen LogP contribution in [0.25, 0.3) is 0 Å². The maximum Gasteiger partial charge on any atom is 0.387 e. The molecule has 1 aromatic carbocycles. The van der Waals surface area contributed by atoms with E-state index < -0.39 is 12.2 Å². The fraction of sp³-hybridized carbons (Fsp3) is 0.538. The van der Waals surface area contributed by atoms with Gasteiger partial charge in [0.2, 0.25) is 0 Å². The standard InChI is InChI=1S/C13H17F2NO/c1-8-4-5-9(6-10(8)17-11(14)15)13(16)7-12(13,2)3/h4-6,11H,7,16H2,1-3H3. The van der Waals surface area contributed by atoms with E-state index in [0.29, 0.717) is 5.56 Å². The first-order valence-corrected chi connectivity index (χ1v) is 5.61. The monoisotopic (exact) mass is 241 g/mol. The molecule has 0 bridgehead atoms. The number of aryl methyl sites for hydroxylation is 1. The average Bonchev–Trinajstić information content (AvgIpc) is 2.70. The van der Waals surface area contributed by atoms with E-state index in [0.717, 1.165) is 12.0 Å². The largest absolute Gasteiger partial charge is 0.435 e. The van der Waals surface area contributed by atoms with Crippen LogP contribution in [-0.2, 0) is 5.54 Å². The third-order valence-electron chi connectivity index (χ3n) is 3.72. The van der Waals surface area contributed by atoms with Crippen LogP contribution < -0.4 is 10.5 Å². The lowest BCUT2D eigenvalue weighted by molar-refractivity contribution is -0.0503. The van der Waals surface area contributed by atoms with Gasteiger partial charge in [-0.15, -0.1) is 0 Å². The highest BCUT2D eigenvalue weighted by molar-refractivity contribution is 5.43. The van der Waals surface area contributed by atoms with Crippen LogP contribution in [-0.4, -0.2) is 6.61 Å². The minimum Gasteiger partial charge on any atom is -0.435 e. The van der Waals surface area contributed by atoms with Crippen molar-refractivity contribution in [1.29, 1.82) is 0 Å². The van der Waals surface area contributed by atoms with Crippen molar-refractivity contribution in [3.63, 3.8) is 0 Å². The molecule has 0 spiro atoms. The quantitative estimate of drug-likeness (QED) is 0.882. The van der Waals surface area contributed by atoms with Crippen LogP contribution in [0.1, 0.15) is 31.4 Å². The lowest BCUT2D eigenvalue weighted by Gasteiger charge is -2.17. The molecular weight excluding hydrogens is 224 g/mol. The van der Waals surface area contributed by atoms with E-state index in [1.54, 1.807) is 19.1 Å². The van der Waals surface area contributed by atoms with Crippen molar-refractivity contribution < 1.29 is 13.5 Å². The molecule has 0 aromatic heterocycles. The van der Waals surface area contributed by atoms with E-state index in [1.807, 2.05) is 6.07 Å². The molecule has 94 valence electrons. The van der Waals surface area contributed by atoms with Crippen LogP contribution in [0.3, 0.4) is 0 Å². The van der Waals surface area contributed by atoms with Gasteiger partial charge in [0.15, 0.2) is 0 Å². The Balaban J connectivity index is 2.32. The van der Waals surface area contributed by atoms with Gasteiger partial charge in [-0.05, 0) is 36.0 Å². The summed E-state index contributed by atoms with van der Waals surface area (Å²) in [7, 11) is 0. The summed E-state index contributed by atoms with van der Waals surface area (Å²) in [6, 6.07) is 5.30. The third-order valence-corrected chi connectivity index (χ3v) is 3.72. The number of hydrogen-bond donors (Lipinski definition) is 1. The SMILES string of the molecule is Cc1ccc(C2(N)CC2(C)C)cc1OC(F)F. The van der Waals surface area contributed by atoms with Crippen molar-refractivity contribution in [2.75, 3.05) is 0 Å². The molecule has 1 aliphatic carbocycles. The number of ether oxygens (including phenoxy) is 1. The molecule has 0 amide bonds. The summed E-state index contributed by atoms with van der Waals surface area (Å²) in [5.74, 6) is 0.213. The van der Waals surface area contributed by atoms with Gasteiger partial charge in [-0.3, -0.25) is 0 Å². The van der Waals surface area contributed by atoms with E-state index in [9.17, 15) is 8.78 Å². The van der Waals surface area contributed by atoms with Gasteiger partial charge in [0, 0.05) is 5.54 Å². The molecule has 2 N–H and O–H groups in total. The normalized spacial score (nSPS) is 26.1. The Bertz CT molecular complexity index is 445.